The van der Waals surface area contributed by atoms with Crippen molar-refractivity contribution in [3.63, 3.8) is 0 Å². The summed E-state index contributed by atoms with van der Waals surface area (Å²) in [6.07, 6.45) is 10.9. The highest BCUT2D eigenvalue weighted by Crippen LogP contribution is 2.29. The maximum atomic E-state index is 6.26. The van der Waals surface area contributed by atoms with Crippen LogP contribution in [0.5, 0.6) is 0 Å². The van der Waals surface area contributed by atoms with Gasteiger partial charge in [0, 0.05) is 29.7 Å². The van der Waals surface area contributed by atoms with E-state index >= 15 is 0 Å². The van der Waals surface area contributed by atoms with Gasteiger partial charge in [0.15, 0.2) is 0 Å². The standard InChI is InChI=1S/C16H29N3S/c1-3-15(4-2)19-10-9-14(18-19)11-13(17)12-20-16-7-5-6-8-16/h9-10,13,15-16H,3-8,11-12,17H2,1-2H3. The minimum Gasteiger partial charge on any atom is -0.327 e. The van der Waals surface area contributed by atoms with Gasteiger partial charge in [-0.3, -0.25) is 4.68 Å². The number of hydrogen-bond acceptors (Lipinski definition) is 3. The first-order valence-electron chi connectivity index (χ1n) is 8.14. The van der Waals surface area contributed by atoms with E-state index in [2.05, 4.69) is 42.6 Å². The first kappa shape index (κ1) is 15.9. The third kappa shape index (κ3) is 4.52. The van der Waals surface area contributed by atoms with Crippen molar-refractivity contribution in [2.45, 2.75) is 76.1 Å². The van der Waals surface area contributed by atoms with Gasteiger partial charge in [0.1, 0.15) is 0 Å². The summed E-state index contributed by atoms with van der Waals surface area (Å²) >= 11 is 2.07. The van der Waals surface area contributed by atoms with E-state index in [-0.39, 0.29) is 6.04 Å². The van der Waals surface area contributed by atoms with Crippen molar-refractivity contribution in [3.05, 3.63) is 18.0 Å². The predicted molar refractivity (Wildman–Crippen MR) is 88.2 cm³/mol. The maximum Gasteiger partial charge on any atom is 0.0640 e. The Kier molecular flexibility index (Phi) is 6.43. The lowest BCUT2D eigenvalue weighted by molar-refractivity contribution is 0.424. The third-order valence-electron chi connectivity index (χ3n) is 4.30. The van der Waals surface area contributed by atoms with E-state index in [1.54, 1.807) is 0 Å². The summed E-state index contributed by atoms with van der Waals surface area (Å²) in [5, 5.41) is 5.56. The Morgan fingerprint density at radius 1 is 1.35 bits per heavy atom. The molecule has 4 heteroatoms. The molecule has 3 nitrogen and oxygen atoms in total. The molecule has 2 N–H and O–H groups in total. The van der Waals surface area contributed by atoms with Gasteiger partial charge in [-0.15, -0.1) is 0 Å². The Bertz CT molecular complexity index is 381. The van der Waals surface area contributed by atoms with Gasteiger partial charge in [0.05, 0.1) is 11.7 Å². The van der Waals surface area contributed by atoms with Gasteiger partial charge in [-0.25, -0.2) is 0 Å². The molecule has 1 fully saturated rings. The van der Waals surface area contributed by atoms with Crippen LogP contribution in [0.25, 0.3) is 0 Å². The third-order valence-corrected chi connectivity index (χ3v) is 5.86. The monoisotopic (exact) mass is 295 g/mol. The molecule has 0 spiro atoms. The van der Waals surface area contributed by atoms with Crippen LogP contribution >= 0.6 is 11.8 Å². The van der Waals surface area contributed by atoms with Gasteiger partial charge in [-0.2, -0.15) is 16.9 Å². The molecule has 0 aromatic carbocycles. The number of rotatable bonds is 8. The van der Waals surface area contributed by atoms with Crippen LogP contribution in [0, 0.1) is 0 Å². The van der Waals surface area contributed by atoms with Crippen molar-refractivity contribution >= 4 is 11.8 Å². The lowest BCUT2D eigenvalue weighted by Crippen LogP contribution is -2.27. The van der Waals surface area contributed by atoms with E-state index < -0.39 is 0 Å². The molecule has 0 bridgehead atoms. The van der Waals surface area contributed by atoms with Crippen LogP contribution in [0.1, 0.15) is 64.1 Å². The molecule has 0 aliphatic heterocycles. The van der Waals surface area contributed by atoms with Crippen LogP contribution < -0.4 is 5.73 Å². The number of aromatic nitrogens is 2. The SMILES string of the molecule is CCC(CC)n1ccc(CC(N)CSC2CCCC2)n1. The molecule has 1 aliphatic rings. The summed E-state index contributed by atoms with van der Waals surface area (Å²) in [5.41, 5.74) is 7.41. The summed E-state index contributed by atoms with van der Waals surface area (Å²) in [7, 11) is 0. The predicted octanol–water partition coefficient (Wildman–Crippen LogP) is 3.79. The van der Waals surface area contributed by atoms with E-state index in [0.717, 1.165) is 36.0 Å². The van der Waals surface area contributed by atoms with Gasteiger partial charge in [0.2, 0.25) is 0 Å². The van der Waals surface area contributed by atoms with Crippen LogP contribution in [-0.2, 0) is 6.42 Å². The summed E-state index contributed by atoms with van der Waals surface area (Å²) < 4.78 is 2.12. The van der Waals surface area contributed by atoms with Gasteiger partial charge >= 0.3 is 0 Å². The molecule has 1 aliphatic carbocycles. The Balaban J connectivity index is 1.77. The first-order valence-corrected chi connectivity index (χ1v) is 9.19. The minimum atomic E-state index is 0.241. The van der Waals surface area contributed by atoms with Crippen molar-refractivity contribution in [1.82, 2.24) is 9.78 Å². The fourth-order valence-corrected chi connectivity index (χ4v) is 4.30. The van der Waals surface area contributed by atoms with Crippen LogP contribution in [0.3, 0.4) is 0 Å². The molecule has 1 heterocycles. The lowest BCUT2D eigenvalue weighted by Gasteiger charge is -2.14. The number of nitrogens with two attached hydrogens (primary N) is 1. The molecule has 1 aromatic heterocycles. The second-order valence-electron chi connectivity index (χ2n) is 5.96. The molecule has 1 aromatic rings. The van der Waals surface area contributed by atoms with E-state index in [1.165, 1.54) is 25.7 Å². The topological polar surface area (TPSA) is 43.8 Å². The first-order chi connectivity index (χ1) is 9.72. The molecule has 0 amide bonds. The van der Waals surface area contributed by atoms with E-state index in [1.807, 2.05) is 0 Å². The minimum absolute atomic E-state index is 0.241. The number of nitrogens with zero attached hydrogens (tertiary/aromatic N) is 2. The summed E-state index contributed by atoms with van der Waals surface area (Å²) in [6.45, 7) is 4.44. The summed E-state index contributed by atoms with van der Waals surface area (Å²) in [6, 6.07) is 2.91. The van der Waals surface area contributed by atoms with Crippen molar-refractivity contribution in [2.75, 3.05) is 5.75 Å². The van der Waals surface area contributed by atoms with E-state index in [4.69, 9.17) is 10.8 Å². The van der Waals surface area contributed by atoms with Gasteiger partial charge in [0.25, 0.3) is 0 Å². The molecule has 2 rings (SSSR count). The average molecular weight is 295 g/mol. The maximum absolute atomic E-state index is 6.26. The van der Waals surface area contributed by atoms with Crippen LogP contribution in [0.15, 0.2) is 12.3 Å². The van der Waals surface area contributed by atoms with Crippen LogP contribution in [0.2, 0.25) is 0 Å². The van der Waals surface area contributed by atoms with E-state index in [0.29, 0.717) is 6.04 Å². The van der Waals surface area contributed by atoms with Crippen LogP contribution in [-0.4, -0.2) is 26.8 Å². The average Bonchev–Trinajstić information content (AvgIpc) is 3.10. The van der Waals surface area contributed by atoms with Crippen molar-refractivity contribution in [1.29, 1.82) is 0 Å². The molecule has 114 valence electrons. The summed E-state index contributed by atoms with van der Waals surface area (Å²) in [5.74, 6) is 1.07. The molecular weight excluding hydrogens is 266 g/mol. The smallest absolute Gasteiger partial charge is 0.0640 e. The van der Waals surface area contributed by atoms with Gasteiger partial charge < -0.3 is 5.73 Å². The molecule has 20 heavy (non-hydrogen) atoms. The summed E-state index contributed by atoms with van der Waals surface area (Å²) in [4.78, 5) is 0. The van der Waals surface area contributed by atoms with Gasteiger partial charge in [-0.05, 0) is 31.7 Å². The molecule has 1 saturated carbocycles. The lowest BCUT2D eigenvalue weighted by atomic mass is 10.2. The number of hydrogen-bond donors (Lipinski definition) is 1. The quantitative estimate of drug-likeness (QED) is 0.793. The van der Waals surface area contributed by atoms with E-state index in [9.17, 15) is 0 Å². The zero-order chi connectivity index (χ0) is 14.4. The van der Waals surface area contributed by atoms with Crippen molar-refractivity contribution < 1.29 is 0 Å². The second-order valence-corrected chi connectivity index (χ2v) is 7.29. The van der Waals surface area contributed by atoms with Crippen LogP contribution in [0.4, 0.5) is 0 Å². The highest BCUT2D eigenvalue weighted by Gasteiger charge is 2.17. The zero-order valence-corrected chi connectivity index (χ0v) is 13.7. The van der Waals surface area contributed by atoms with Crippen molar-refractivity contribution in [3.8, 4) is 0 Å². The second kappa shape index (κ2) is 8.08. The molecule has 1 unspecified atom stereocenters. The highest BCUT2D eigenvalue weighted by molar-refractivity contribution is 7.99. The Hall–Kier alpha value is -0.480. The molecular formula is C16H29N3S. The Morgan fingerprint density at radius 2 is 2.05 bits per heavy atom. The highest BCUT2D eigenvalue weighted by atomic mass is 32.2. The fourth-order valence-electron chi connectivity index (χ4n) is 2.99. The molecule has 0 saturated heterocycles. The molecule has 1 atom stereocenters. The zero-order valence-electron chi connectivity index (χ0n) is 12.9. The van der Waals surface area contributed by atoms with Gasteiger partial charge in [-0.1, -0.05) is 26.7 Å². The number of thioether (sulfide) groups is 1. The normalized spacial score (nSPS) is 18.0. The van der Waals surface area contributed by atoms with Crippen molar-refractivity contribution in [2.24, 2.45) is 5.73 Å². The molecule has 0 radical (unpaired) electrons. The fraction of sp³-hybridized carbons (Fsp3) is 0.812. The Labute approximate surface area is 127 Å². The Morgan fingerprint density at radius 3 is 2.70 bits per heavy atom. The largest absolute Gasteiger partial charge is 0.327 e.